The van der Waals surface area contributed by atoms with E-state index in [0.29, 0.717) is 34.3 Å². The molecule has 0 fully saturated rings. The number of benzene rings is 1. The van der Waals surface area contributed by atoms with Crippen LogP contribution in [0.25, 0.3) is 11.0 Å². The number of ether oxygens (including phenoxy) is 1. The van der Waals surface area contributed by atoms with E-state index in [1.54, 1.807) is 19.1 Å². The van der Waals surface area contributed by atoms with E-state index in [0.717, 1.165) is 5.39 Å². The van der Waals surface area contributed by atoms with Gasteiger partial charge in [-0.1, -0.05) is 42.7 Å². The molecule has 0 saturated carbocycles. The van der Waals surface area contributed by atoms with Crippen LogP contribution in [0, 0.1) is 12.8 Å². The van der Waals surface area contributed by atoms with Gasteiger partial charge < -0.3 is 13.7 Å². The molecule has 0 N–H and O–H groups in total. The van der Waals surface area contributed by atoms with Gasteiger partial charge in [0, 0.05) is 17.4 Å². The van der Waals surface area contributed by atoms with E-state index in [1.807, 2.05) is 6.07 Å². The molecule has 0 unspecified atom stereocenters. The number of carbonyl (C=O) groups is 1. The second-order valence-electron chi connectivity index (χ2n) is 5.95. The molecular weight excluding hydrogens is 332 g/mol. The Morgan fingerprint density at radius 2 is 2.17 bits per heavy atom. The molecule has 0 aliphatic carbocycles. The summed E-state index contributed by atoms with van der Waals surface area (Å²) >= 11 is 6.09. The lowest BCUT2D eigenvalue weighted by Gasteiger charge is -1.99. The van der Waals surface area contributed by atoms with Crippen LogP contribution in [0.2, 0.25) is 5.02 Å². The van der Waals surface area contributed by atoms with Gasteiger partial charge in [0.15, 0.2) is 18.0 Å². The maximum atomic E-state index is 12.3. The smallest absolute Gasteiger partial charge is 0.375 e. The van der Waals surface area contributed by atoms with Crippen molar-refractivity contribution >= 4 is 28.5 Å². The number of rotatable bonds is 5. The Morgan fingerprint density at radius 3 is 2.88 bits per heavy atom. The molecule has 7 heteroatoms. The normalized spacial score (nSPS) is 11.4. The Kier molecular flexibility index (Phi) is 4.57. The van der Waals surface area contributed by atoms with Crippen LogP contribution in [0.4, 0.5) is 0 Å². The number of hydrogen-bond donors (Lipinski definition) is 0. The maximum Gasteiger partial charge on any atom is 0.375 e. The monoisotopic (exact) mass is 348 g/mol. The summed E-state index contributed by atoms with van der Waals surface area (Å²) in [7, 11) is 0. The fourth-order valence-electron chi connectivity index (χ4n) is 2.39. The molecule has 24 heavy (non-hydrogen) atoms. The predicted molar refractivity (Wildman–Crippen MR) is 87.9 cm³/mol. The van der Waals surface area contributed by atoms with Gasteiger partial charge in [0.05, 0.1) is 5.02 Å². The van der Waals surface area contributed by atoms with Crippen molar-refractivity contribution in [2.45, 2.75) is 33.8 Å². The SMILES string of the molecule is Cc1c(C(=O)OCc2nc(CC(C)C)no2)oc2c(Cl)cccc12. The van der Waals surface area contributed by atoms with E-state index in [-0.39, 0.29) is 18.3 Å². The standard InChI is InChI=1S/C17H17ClN2O4/c1-9(2)7-13-19-14(24-20-13)8-22-17(21)15-10(3)11-5-4-6-12(18)16(11)23-15/h4-6,9H,7-8H2,1-3H3. The van der Waals surface area contributed by atoms with Crippen LogP contribution in [-0.2, 0) is 17.8 Å². The molecule has 0 aliphatic heterocycles. The zero-order valence-electron chi connectivity index (χ0n) is 13.6. The summed E-state index contributed by atoms with van der Waals surface area (Å²) in [5.41, 5.74) is 1.16. The Morgan fingerprint density at radius 1 is 1.38 bits per heavy atom. The molecule has 0 saturated heterocycles. The molecule has 0 atom stereocenters. The first-order valence-corrected chi connectivity index (χ1v) is 7.99. The van der Waals surface area contributed by atoms with Crippen LogP contribution in [0.1, 0.15) is 41.7 Å². The van der Waals surface area contributed by atoms with Crippen molar-refractivity contribution in [1.29, 1.82) is 0 Å². The molecule has 0 amide bonds. The lowest BCUT2D eigenvalue weighted by Crippen LogP contribution is -2.06. The minimum Gasteiger partial charge on any atom is -0.450 e. The van der Waals surface area contributed by atoms with Gasteiger partial charge in [-0.3, -0.25) is 0 Å². The van der Waals surface area contributed by atoms with Gasteiger partial charge in [-0.2, -0.15) is 4.98 Å². The summed E-state index contributed by atoms with van der Waals surface area (Å²) in [6.07, 6.45) is 0.707. The van der Waals surface area contributed by atoms with Gasteiger partial charge in [-0.05, 0) is 18.9 Å². The van der Waals surface area contributed by atoms with Crippen molar-refractivity contribution < 1.29 is 18.5 Å². The molecule has 3 aromatic rings. The number of esters is 1. The lowest BCUT2D eigenvalue weighted by molar-refractivity contribution is 0.0395. The number of nitrogens with zero attached hydrogens (tertiary/aromatic N) is 2. The molecule has 126 valence electrons. The largest absolute Gasteiger partial charge is 0.450 e. The van der Waals surface area contributed by atoms with Crippen LogP contribution < -0.4 is 0 Å². The second kappa shape index (κ2) is 6.65. The number of fused-ring (bicyclic) bond motifs is 1. The van der Waals surface area contributed by atoms with E-state index < -0.39 is 5.97 Å². The number of aromatic nitrogens is 2. The highest BCUT2D eigenvalue weighted by Crippen LogP contribution is 2.31. The number of aryl methyl sites for hydroxylation is 1. The third kappa shape index (κ3) is 3.28. The zero-order valence-corrected chi connectivity index (χ0v) is 14.4. The fraction of sp³-hybridized carbons (Fsp3) is 0.353. The van der Waals surface area contributed by atoms with Gasteiger partial charge >= 0.3 is 5.97 Å². The second-order valence-corrected chi connectivity index (χ2v) is 6.36. The first kappa shape index (κ1) is 16.5. The minimum atomic E-state index is -0.594. The average Bonchev–Trinajstić information content (AvgIpc) is 3.10. The number of para-hydroxylation sites is 1. The Bertz CT molecular complexity index is 882. The van der Waals surface area contributed by atoms with Crippen LogP contribution in [0.15, 0.2) is 27.1 Å². The van der Waals surface area contributed by atoms with E-state index in [1.165, 1.54) is 0 Å². The average molecular weight is 349 g/mol. The quantitative estimate of drug-likeness (QED) is 0.638. The summed E-state index contributed by atoms with van der Waals surface area (Å²) in [6.45, 7) is 5.80. The molecule has 0 spiro atoms. The van der Waals surface area contributed by atoms with E-state index in [4.69, 9.17) is 25.3 Å². The molecule has 0 bridgehead atoms. The van der Waals surface area contributed by atoms with Crippen LogP contribution in [-0.4, -0.2) is 16.1 Å². The molecule has 0 radical (unpaired) electrons. The van der Waals surface area contributed by atoms with Gasteiger partial charge in [0.1, 0.15) is 0 Å². The highest BCUT2D eigenvalue weighted by atomic mass is 35.5. The van der Waals surface area contributed by atoms with Crippen molar-refractivity contribution in [3.05, 3.63) is 46.3 Å². The maximum absolute atomic E-state index is 12.3. The van der Waals surface area contributed by atoms with Crippen molar-refractivity contribution in [3.8, 4) is 0 Å². The number of hydrogen-bond acceptors (Lipinski definition) is 6. The van der Waals surface area contributed by atoms with Crippen molar-refractivity contribution in [2.24, 2.45) is 5.92 Å². The lowest BCUT2D eigenvalue weighted by atomic mass is 10.1. The summed E-state index contributed by atoms with van der Waals surface area (Å²) in [6, 6.07) is 5.35. The van der Waals surface area contributed by atoms with E-state index in [9.17, 15) is 4.79 Å². The van der Waals surface area contributed by atoms with Crippen molar-refractivity contribution in [1.82, 2.24) is 10.1 Å². The van der Waals surface area contributed by atoms with E-state index in [2.05, 4.69) is 24.0 Å². The molecule has 6 nitrogen and oxygen atoms in total. The zero-order chi connectivity index (χ0) is 17.3. The molecule has 3 rings (SSSR count). The summed E-state index contributed by atoms with van der Waals surface area (Å²) in [5.74, 6) is 0.804. The van der Waals surface area contributed by atoms with Crippen LogP contribution >= 0.6 is 11.6 Å². The third-order valence-electron chi connectivity index (χ3n) is 3.53. The predicted octanol–water partition coefficient (Wildman–Crippen LogP) is 4.33. The van der Waals surface area contributed by atoms with E-state index >= 15 is 0 Å². The highest BCUT2D eigenvalue weighted by molar-refractivity contribution is 6.35. The topological polar surface area (TPSA) is 78.4 Å². The number of halogens is 1. The molecule has 2 aromatic heterocycles. The van der Waals surface area contributed by atoms with Crippen LogP contribution in [0.3, 0.4) is 0 Å². The molecule has 2 heterocycles. The highest BCUT2D eigenvalue weighted by Gasteiger charge is 2.21. The summed E-state index contributed by atoms with van der Waals surface area (Å²) < 4.78 is 15.8. The molecule has 1 aromatic carbocycles. The molecular formula is C17H17ClN2O4. The number of furan rings is 1. The van der Waals surface area contributed by atoms with Gasteiger partial charge in [-0.15, -0.1) is 0 Å². The summed E-state index contributed by atoms with van der Waals surface area (Å²) in [4.78, 5) is 16.4. The summed E-state index contributed by atoms with van der Waals surface area (Å²) in [5, 5.41) is 5.09. The van der Waals surface area contributed by atoms with Crippen molar-refractivity contribution in [3.63, 3.8) is 0 Å². The van der Waals surface area contributed by atoms with Gasteiger partial charge in [0.25, 0.3) is 5.89 Å². The number of carbonyl (C=O) groups excluding carboxylic acids is 1. The Hall–Kier alpha value is -2.34. The molecule has 0 aliphatic rings. The Balaban J connectivity index is 1.72. The first-order valence-electron chi connectivity index (χ1n) is 7.62. The van der Waals surface area contributed by atoms with Gasteiger partial charge in [0.2, 0.25) is 5.76 Å². The van der Waals surface area contributed by atoms with Crippen LogP contribution in [0.5, 0.6) is 0 Å². The first-order chi connectivity index (χ1) is 11.5. The minimum absolute atomic E-state index is 0.103. The van der Waals surface area contributed by atoms with Crippen molar-refractivity contribution in [2.75, 3.05) is 0 Å². The Labute approximate surface area is 143 Å². The third-order valence-corrected chi connectivity index (χ3v) is 3.83. The fourth-order valence-corrected chi connectivity index (χ4v) is 2.61. The van der Waals surface area contributed by atoms with Gasteiger partial charge in [-0.25, -0.2) is 4.79 Å².